The zero-order valence-electron chi connectivity index (χ0n) is 15.8. The van der Waals surface area contributed by atoms with Gasteiger partial charge in [0.2, 0.25) is 0 Å². The predicted molar refractivity (Wildman–Crippen MR) is 121 cm³/mol. The molecule has 3 aromatic rings. The van der Waals surface area contributed by atoms with Crippen molar-refractivity contribution in [1.82, 2.24) is 4.98 Å². The van der Waals surface area contributed by atoms with Crippen LogP contribution >= 0.6 is 34.5 Å². The van der Waals surface area contributed by atoms with Crippen LogP contribution in [0.2, 0.25) is 10.0 Å². The van der Waals surface area contributed by atoms with Crippen LogP contribution in [-0.2, 0) is 9.84 Å². The van der Waals surface area contributed by atoms with E-state index in [2.05, 4.69) is 4.90 Å². The average Bonchev–Trinajstić information content (AvgIpc) is 3.22. The van der Waals surface area contributed by atoms with Crippen molar-refractivity contribution in [2.45, 2.75) is 29.9 Å². The van der Waals surface area contributed by atoms with Crippen LogP contribution < -0.4 is 4.90 Å². The quantitative estimate of drug-likeness (QED) is 0.482. The zero-order valence-corrected chi connectivity index (χ0v) is 19.0. The monoisotopic (exact) mass is 466 g/mol. The minimum Gasteiger partial charge on any atom is -0.348 e. The Morgan fingerprint density at radius 1 is 1.07 bits per heavy atom. The highest BCUT2D eigenvalue weighted by atomic mass is 35.5. The molecule has 29 heavy (non-hydrogen) atoms. The summed E-state index contributed by atoms with van der Waals surface area (Å²) in [5.74, 6) is 0. The van der Waals surface area contributed by atoms with Crippen molar-refractivity contribution in [3.63, 3.8) is 0 Å². The summed E-state index contributed by atoms with van der Waals surface area (Å²) in [7, 11) is -3.51. The fourth-order valence-corrected chi connectivity index (χ4v) is 6.99. The number of aromatic nitrogens is 1. The molecule has 1 aliphatic heterocycles. The van der Waals surface area contributed by atoms with Crippen molar-refractivity contribution in [2.24, 2.45) is 0 Å². The largest absolute Gasteiger partial charge is 0.348 e. The van der Waals surface area contributed by atoms with Crippen LogP contribution in [0.3, 0.4) is 0 Å². The molecule has 2 heterocycles. The molecule has 0 N–H and O–H groups in total. The van der Waals surface area contributed by atoms with Crippen molar-refractivity contribution < 1.29 is 8.42 Å². The lowest BCUT2D eigenvalue weighted by atomic mass is 10.1. The van der Waals surface area contributed by atoms with Crippen molar-refractivity contribution in [1.29, 1.82) is 0 Å². The molecule has 4 nitrogen and oxygen atoms in total. The van der Waals surface area contributed by atoms with E-state index < -0.39 is 15.1 Å². The second kappa shape index (κ2) is 8.26. The lowest BCUT2D eigenvalue weighted by Gasteiger charge is -2.31. The Labute approximate surface area is 185 Å². The molecule has 152 valence electrons. The minimum atomic E-state index is -3.51. The first-order chi connectivity index (χ1) is 13.9. The van der Waals surface area contributed by atoms with Crippen LogP contribution in [0.4, 0.5) is 5.13 Å². The molecule has 1 saturated heterocycles. The highest BCUT2D eigenvalue weighted by molar-refractivity contribution is 7.92. The van der Waals surface area contributed by atoms with Crippen molar-refractivity contribution in [3.8, 4) is 11.3 Å². The van der Waals surface area contributed by atoms with Crippen molar-refractivity contribution in [3.05, 3.63) is 63.5 Å². The highest BCUT2D eigenvalue weighted by Crippen LogP contribution is 2.35. The molecule has 1 aromatic heterocycles. The molecule has 2 aromatic carbocycles. The van der Waals surface area contributed by atoms with E-state index in [9.17, 15) is 8.42 Å². The molecule has 0 unspecified atom stereocenters. The standard InChI is InChI=1S/C21H20Cl2N2O2S2/c1-14-11-20(18(23)12-17(14)22)29(26,27)16-7-9-25(10-8-16)21-24-19(13-28-21)15-5-3-2-4-6-15/h2-6,11-13,16H,7-10H2,1H3. The summed E-state index contributed by atoms with van der Waals surface area (Å²) in [5.41, 5.74) is 2.74. The zero-order chi connectivity index (χ0) is 20.6. The summed E-state index contributed by atoms with van der Waals surface area (Å²) in [5, 5.41) is 3.19. The van der Waals surface area contributed by atoms with Gasteiger partial charge in [-0.3, -0.25) is 0 Å². The van der Waals surface area contributed by atoms with E-state index in [0.29, 0.717) is 36.5 Å². The summed E-state index contributed by atoms with van der Waals surface area (Å²) in [6.07, 6.45) is 1.08. The number of nitrogens with zero attached hydrogens (tertiary/aromatic N) is 2. The molecule has 0 atom stereocenters. The average molecular weight is 467 g/mol. The number of sulfone groups is 1. The molecule has 0 aliphatic carbocycles. The smallest absolute Gasteiger partial charge is 0.185 e. The van der Waals surface area contributed by atoms with Gasteiger partial charge in [-0.15, -0.1) is 11.3 Å². The third-order valence-electron chi connectivity index (χ3n) is 5.23. The number of thiazole rings is 1. The van der Waals surface area contributed by atoms with Crippen LogP contribution in [-0.4, -0.2) is 31.7 Å². The number of rotatable bonds is 4. The molecule has 4 rings (SSSR count). The van der Waals surface area contributed by atoms with Gasteiger partial charge in [0.05, 0.1) is 20.9 Å². The molecular weight excluding hydrogens is 447 g/mol. The van der Waals surface area contributed by atoms with E-state index in [1.54, 1.807) is 24.3 Å². The van der Waals surface area contributed by atoms with Crippen LogP contribution in [0.5, 0.6) is 0 Å². The molecular formula is C21H20Cl2N2O2S2. The molecule has 1 aliphatic rings. The summed E-state index contributed by atoms with van der Waals surface area (Å²) in [6, 6.07) is 13.1. The number of piperidine rings is 1. The summed E-state index contributed by atoms with van der Waals surface area (Å²) < 4.78 is 26.3. The summed E-state index contributed by atoms with van der Waals surface area (Å²) >= 11 is 13.9. The van der Waals surface area contributed by atoms with Crippen molar-refractivity contribution >= 4 is 49.5 Å². The van der Waals surface area contributed by atoms with Crippen LogP contribution in [0.1, 0.15) is 18.4 Å². The van der Waals surface area contributed by atoms with Crippen LogP contribution in [0.15, 0.2) is 52.7 Å². The Morgan fingerprint density at radius 3 is 2.45 bits per heavy atom. The van der Waals surface area contributed by atoms with Gasteiger partial charge in [0.1, 0.15) is 0 Å². The van der Waals surface area contributed by atoms with Gasteiger partial charge in [-0.05, 0) is 37.5 Å². The lowest BCUT2D eigenvalue weighted by Crippen LogP contribution is -2.39. The van der Waals surface area contributed by atoms with E-state index >= 15 is 0 Å². The van der Waals surface area contributed by atoms with E-state index in [-0.39, 0.29) is 9.92 Å². The van der Waals surface area contributed by atoms with Gasteiger partial charge in [0.25, 0.3) is 0 Å². The van der Waals surface area contributed by atoms with E-state index in [4.69, 9.17) is 28.2 Å². The number of benzene rings is 2. The van der Waals surface area contributed by atoms with Gasteiger partial charge < -0.3 is 4.90 Å². The Morgan fingerprint density at radius 2 is 1.76 bits per heavy atom. The third-order valence-corrected chi connectivity index (χ3v) is 9.27. The SMILES string of the molecule is Cc1cc(S(=O)(=O)C2CCN(c3nc(-c4ccccc4)cs3)CC2)c(Cl)cc1Cl. The molecule has 0 radical (unpaired) electrons. The van der Waals surface area contributed by atoms with Crippen LogP contribution in [0, 0.1) is 6.92 Å². The first-order valence-electron chi connectivity index (χ1n) is 9.31. The Balaban J connectivity index is 1.48. The topological polar surface area (TPSA) is 50.3 Å². The maximum absolute atomic E-state index is 13.1. The Bertz CT molecular complexity index is 1120. The highest BCUT2D eigenvalue weighted by Gasteiger charge is 2.33. The second-order valence-corrected chi connectivity index (χ2v) is 11.0. The number of anilines is 1. The predicted octanol–water partition coefficient (Wildman–Crippen LogP) is 5.87. The Kier molecular flexibility index (Phi) is 5.89. The second-order valence-electron chi connectivity index (χ2n) is 7.14. The van der Waals surface area contributed by atoms with Crippen LogP contribution in [0.25, 0.3) is 11.3 Å². The third kappa shape index (κ3) is 4.17. The fourth-order valence-electron chi connectivity index (χ4n) is 3.54. The Hall–Kier alpha value is -1.60. The normalized spacial score (nSPS) is 15.6. The summed E-state index contributed by atoms with van der Waals surface area (Å²) in [6.45, 7) is 3.08. The first kappa shape index (κ1) is 20.7. The number of hydrogen-bond donors (Lipinski definition) is 0. The maximum atomic E-state index is 13.1. The van der Waals surface area contributed by atoms with Gasteiger partial charge in [-0.25, -0.2) is 13.4 Å². The molecule has 0 amide bonds. The van der Waals surface area contributed by atoms with Gasteiger partial charge in [0.15, 0.2) is 15.0 Å². The molecule has 0 spiro atoms. The van der Waals surface area contributed by atoms with E-state index in [1.807, 2.05) is 35.7 Å². The van der Waals surface area contributed by atoms with Gasteiger partial charge in [0, 0.05) is 29.1 Å². The van der Waals surface area contributed by atoms with Gasteiger partial charge >= 0.3 is 0 Å². The number of hydrogen-bond acceptors (Lipinski definition) is 5. The van der Waals surface area contributed by atoms with Gasteiger partial charge in [-0.2, -0.15) is 0 Å². The fraction of sp³-hybridized carbons (Fsp3) is 0.286. The lowest BCUT2D eigenvalue weighted by molar-refractivity contribution is 0.529. The number of halogens is 2. The maximum Gasteiger partial charge on any atom is 0.185 e. The first-order valence-corrected chi connectivity index (χ1v) is 12.5. The minimum absolute atomic E-state index is 0.181. The van der Waals surface area contributed by atoms with Crippen molar-refractivity contribution in [2.75, 3.05) is 18.0 Å². The molecule has 0 saturated carbocycles. The molecule has 8 heteroatoms. The van der Waals surface area contributed by atoms with E-state index in [0.717, 1.165) is 16.4 Å². The van der Waals surface area contributed by atoms with E-state index in [1.165, 1.54) is 6.07 Å². The number of aryl methyl sites for hydroxylation is 1. The summed E-state index contributed by atoms with van der Waals surface area (Å²) in [4.78, 5) is 7.09. The molecule has 0 bridgehead atoms. The van der Waals surface area contributed by atoms with Gasteiger partial charge in [-0.1, -0.05) is 53.5 Å². The molecule has 1 fully saturated rings.